The van der Waals surface area contributed by atoms with E-state index in [1.807, 2.05) is 29.2 Å². The number of carbonyl (C=O) groups is 1. The van der Waals surface area contributed by atoms with Gasteiger partial charge in [0.15, 0.2) is 0 Å². The van der Waals surface area contributed by atoms with Crippen molar-refractivity contribution in [3.63, 3.8) is 0 Å². The Balaban J connectivity index is 1.80. The second-order valence-electron chi connectivity index (χ2n) is 7.01. The summed E-state index contributed by atoms with van der Waals surface area (Å²) in [5.41, 5.74) is 0.690. The third kappa shape index (κ3) is 2.53. The summed E-state index contributed by atoms with van der Waals surface area (Å²) in [5, 5.41) is 1.61. The fraction of sp³-hybridized carbons (Fsp3) is 0.368. The highest BCUT2D eigenvalue weighted by atomic mass is 32.1. The zero-order valence-electron chi connectivity index (χ0n) is 13.8. The van der Waals surface area contributed by atoms with Crippen molar-refractivity contribution in [2.24, 2.45) is 11.8 Å². The van der Waals surface area contributed by atoms with Gasteiger partial charge in [0.05, 0.1) is 10.3 Å². The second-order valence-corrected chi connectivity index (χ2v) is 8.06. The number of H-pyrrole nitrogens is 1. The van der Waals surface area contributed by atoms with Crippen molar-refractivity contribution in [2.45, 2.75) is 20.3 Å². The Labute approximate surface area is 144 Å². The summed E-state index contributed by atoms with van der Waals surface area (Å²) in [7, 11) is 0. The van der Waals surface area contributed by atoms with Gasteiger partial charge in [0.2, 0.25) is 0 Å². The summed E-state index contributed by atoms with van der Waals surface area (Å²) in [6.45, 7) is 5.99. The third-order valence-corrected chi connectivity index (χ3v) is 5.92. The number of hydrogen-bond donors (Lipinski definition) is 1. The van der Waals surface area contributed by atoms with E-state index in [4.69, 9.17) is 0 Å². The Morgan fingerprint density at radius 3 is 2.62 bits per heavy atom. The lowest BCUT2D eigenvalue weighted by Crippen LogP contribution is -2.42. The zero-order chi connectivity index (χ0) is 16.8. The topological polar surface area (TPSA) is 53.2 Å². The molecule has 0 unspecified atom stereocenters. The van der Waals surface area contributed by atoms with E-state index < -0.39 is 0 Å². The van der Waals surface area contributed by atoms with E-state index in [0.29, 0.717) is 22.1 Å². The van der Waals surface area contributed by atoms with Crippen LogP contribution in [0.3, 0.4) is 0 Å². The van der Waals surface area contributed by atoms with Gasteiger partial charge in [-0.15, -0.1) is 11.3 Å². The van der Waals surface area contributed by atoms with Crippen LogP contribution in [0.4, 0.5) is 0 Å². The molecular formula is C19H20N2O2S. The molecule has 5 heteroatoms. The van der Waals surface area contributed by atoms with Crippen LogP contribution in [0.25, 0.3) is 21.0 Å². The molecule has 1 N–H and O–H groups in total. The SMILES string of the molecule is C[C@H]1C[C@H](C)CN(C(=O)c2cc3c(=O)[nH]c4ccccc4c3s2)C1. The van der Waals surface area contributed by atoms with Gasteiger partial charge in [-0.05, 0) is 30.4 Å². The third-order valence-electron chi connectivity index (χ3n) is 4.76. The average Bonchev–Trinajstić information content (AvgIpc) is 2.99. The molecule has 1 aliphatic rings. The van der Waals surface area contributed by atoms with Crippen LogP contribution in [0, 0.1) is 11.8 Å². The van der Waals surface area contributed by atoms with Crippen molar-refractivity contribution in [2.75, 3.05) is 13.1 Å². The van der Waals surface area contributed by atoms with Crippen LogP contribution in [0.15, 0.2) is 35.1 Å². The molecule has 0 spiro atoms. The summed E-state index contributed by atoms with van der Waals surface area (Å²) in [4.78, 5) is 30.8. The van der Waals surface area contributed by atoms with Crippen molar-refractivity contribution in [1.82, 2.24) is 9.88 Å². The van der Waals surface area contributed by atoms with Crippen molar-refractivity contribution in [3.05, 3.63) is 45.6 Å². The van der Waals surface area contributed by atoms with Crippen LogP contribution in [0.1, 0.15) is 29.9 Å². The molecule has 1 aliphatic heterocycles. The lowest BCUT2D eigenvalue weighted by Gasteiger charge is -2.34. The van der Waals surface area contributed by atoms with Gasteiger partial charge in [0.1, 0.15) is 0 Å². The zero-order valence-corrected chi connectivity index (χ0v) is 14.7. The maximum atomic E-state index is 12.9. The quantitative estimate of drug-likeness (QED) is 0.731. The molecule has 1 saturated heterocycles. The number of piperidine rings is 1. The highest BCUT2D eigenvalue weighted by Crippen LogP contribution is 2.31. The standard InChI is InChI=1S/C19H20N2O2S/c1-11-7-12(2)10-21(9-11)19(23)16-8-14-17(24-16)13-5-3-4-6-15(13)20-18(14)22/h3-6,8,11-12H,7,9-10H2,1-2H3,(H,20,22)/t11-,12-/m0/s1. The second kappa shape index (κ2) is 5.74. The number of benzene rings is 1. The number of aromatic amines is 1. The summed E-state index contributed by atoms with van der Waals surface area (Å²) in [6.07, 6.45) is 1.17. The Morgan fingerprint density at radius 2 is 1.88 bits per heavy atom. The maximum Gasteiger partial charge on any atom is 0.263 e. The van der Waals surface area contributed by atoms with Crippen LogP contribution < -0.4 is 5.56 Å². The van der Waals surface area contributed by atoms with Gasteiger partial charge >= 0.3 is 0 Å². The van der Waals surface area contributed by atoms with Crippen LogP contribution in [-0.4, -0.2) is 28.9 Å². The van der Waals surface area contributed by atoms with Gasteiger partial charge in [-0.25, -0.2) is 0 Å². The molecule has 4 nitrogen and oxygen atoms in total. The van der Waals surface area contributed by atoms with E-state index in [-0.39, 0.29) is 11.5 Å². The van der Waals surface area contributed by atoms with E-state index in [2.05, 4.69) is 18.8 Å². The van der Waals surface area contributed by atoms with E-state index in [1.54, 1.807) is 6.07 Å². The molecular weight excluding hydrogens is 320 g/mol. The van der Waals surface area contributed by atoms with Gasteiger partial charge in [-0.3, -0.25) is 9.59 Å². The van der Waals surface area contributed by atoms with Gasteiger partial charge in [-0.2, -0.15) is 0 Å². The molecule has 3 heterocycles. The number of likely N-dealkylation sites (tertiary alicyclic amines) is 1. The normalized spacial score (nSPS) is 21.5. The minimum atomic E-state index is -0.126. The number of nitrogens with one attached hydrogen (secondary N) is 1. The van der Waals surface area contributed by atoms with Gasteiger partial charge in [0, 0.05) is 28.7 Å². The number of thiophene rings is 1. The lowest BCUT2D eigenvalue weighted by molar-refractivity contribution is 0.0628. The molecule has 0 saturated carbocycles. The molecule has 1 amide bonds. The Kier molecular flexibility index (Phi) is 3.68. The van der Waals surface area contributed by atoms with E-state index in [9.17, 15) is 9.59 Å². The highest BCUT2D eigenvalue weighted by Gasteiger charge is 2.27. The van der Waals surface area contributed by atoms with Gasteiger partial charge < -0.3 is 9.88 Å². The highest BCUT2D eigenvalue weighted by molar-refractivity contribution is 7.21. The number of rotatable bonds is 1. The summed E-state index contributed by atoms with van der Waals surface area (Å²) in [6, 6.07) is 9.50. The molecule has 2 atom stereocenters. The Morgan fingerprint density at radius 1 is 1.17 bits per heavy atom. The molecule has 1 aromatic carbocycles. The number of aromatic nitrogens is 1. The lowest BCUT2D eigenvalue weighted by atomic mass is 9.92. The van der Waals surface area contributed by atoms with Crippen molar-refractivity contribution in [1.29, 1.82) is 0 Å². The number of pyridine rings is 1. The molecule has 3 aromatic rings. The number of fused-ring (bicyclic) bond motifs is 3. The molecule has 0 radical (unpaired) electrons. The van der Waals surface area contributed by atoms with Crippen molar-refractivity contribution < 1.29 is 4.79 Å². The van der Waals surface area contributed by atoms with Crippen molar-refractivity contribution in [3.8, 4) is 0 Å². The number of nitrogens with zero attached hydrogens (tertiary/aromatic N) is 1. The molecule has 124 valence electrons. The predicted molar refractivity (Wildman–Crippen MR) is 98.8 cm³/mol. The number of amides is 1. The molecule has 2 aromatic heterocycles. The average molecular weight is 340 g/mol. The number of hydrogen-bond acceptors (Lipinski definition) is 3. The van der Waals surface area contributed by atoms with E-state index >= 15 is 0 Å². The van der Waals surface area contributed by atoms with E-state index in [0.717, 1.165) is 28.7 Å². The van der Waals surface area contributed by atoms with E-state index in [1.165, 1.54) is 17.8 Å². The molecule has 4 rings (SSSR count). The first-order valence-electron chi connectivity index (χ1n) is 8.36. The first-order valence-corrected chi connectivity index (χ1v) is 9.18. The largest absolute Gasteiger partial charge is 0.337 e. The first kappa shape index (κ1) is 15.4. The predicted octanol–water partition coefficient (Wildman–Crippen LogP) is 3.86. The molecule has 0 aliphatic carbocycles. The maximum absolute atomic E-state index is 12.9. The fourth-order valence-corrected chi connectivity index (χ4v) is 4.99. The fourth-order valence-electron chi connectivity index (χ4n) is 3.83. The summed E-state index contributed by atoms with van der Waals surface area (Å²) < 4.78 is 0.899. The Hall–Kier alpha value is -2.14. The summed E-state index contributed by atoms with van der Waals surface area (Å²) >= 11 is 1.43. The van der Waals surface area contributed by atoms with Gasteiger partial charge in [-0.1, -0.05) is 32.0 Å². The van der Waals surface area contributed by atoms with Crippen LogP contribution >= 0.6 is 11.3 Å². The smallest absolute Gasteiger partial charge is 0.263 e. The van der Waals surface area contributed by atoms with Crippen LogP contribution in [0.5, 0.6) is 0 Å². The van der Waals surface area contributed by atoms with Crippen LogP contribution in [0.2, 0.25) is 0 Å². The number of carbonyl (C=O) groups excluding carboxylic acids is 1. The Bertz CT molecular complexity index is 978. The van der Waals surface area contributed by atoms with Crippen LogP contribution in [-0.2, 0) is 0 Å². The first-order chi connectivity index (χ1) is 11.5. The molecule has 1 fully saturated rings. The monoisotopic (exact) mass is 340 g/mol. The molecule has 0 bridgehead atoms. The summed E-state index contributed by atoms with van der Waals surface area (Å²) in [5.74, 6) is 1.10. The molecule has 24 heavy (non-hydrogen) atoms. The minimum absolute atomic E-state index is 0.0538. The minimum Gasteiger partial charge on any atom is -0.337 e. The van der Waals surface area contributed by atoms with Gasteiger partial charge in [0.25, 0.3) is 11.5 Å². The van der Waals surface area contributed by atoms with Crippen molar-refractivity contribution >= 4 is 38.2 Å². The number of para-hydroxylation sites is 1.